The Morgan fingerprint density at radius 1 is 1.36 bits per heavy atom. The van der Waals surface area contributed by atoms with Crippen molar-refractivity contribution in [2.24, 2.45) is 0 Å². The highest BCUT2D eigenvalue weighted by Gasteiger charge is 2.25. The topological polar surface area (TPSA) is 63.1 Å². The highest BCUT2D eigenvalue weighted by Crippen LogP contribution is 2.35. The molecule has 0 spiro atoms. The Kier molecular flexibility index (Phi) is 4.37. The van der Waals surface area contributed by atoms with Crippen LogP contribution in [-0.2, 0) is 13.1 Å². The number of amides is 2. The minimum Gasteiger partial charge on any atom is -0.332 e. The number of nitrogens with zero attached hydrogens (tertiary/aromatic N) is 4. The van der Waals surface area contributed by atoms with Gasteiger partial charge < -0.3 is 14.8 Å². The molecule has 3 rings (SSSR count). The number of rotatable bonds is 6. The molecule has 2 heterocycles. The molecule has 2 amide bonds. The van der Waals surface area contributed by atoms with Crippen LogP contribution >= 0.6 is 0 Å². The van der Waals surface area contributed by atoms with Crippen LogP contribution in [0.1, 0.15) is 37.1 Å². The van der Waals surface area contributed by atoms with Gasteiger partial charge in [0.2, 0.25) is 0 Å². The van der Waals surface area contributed by atoms with Gasteiger partial charge in [-0.05, 0) is 37.5 Å². The average molecular weight is 299 g/mol. The summed E-state index contributed by atoms with van der Waals surface area (Å²) in [5.74, 6) is 0. The third kappa shape index (κ3) is 3.44. The van der Waals surface area contributed by atoms with Gasteiger partial charge in [-0.1, -0.05) is 0 Å². The van der Waals surface area contributed by atoms with E-state index >= 15 is 0 Å². The van der Waals surface area contributed by atoms with E-state index in [0.717, 1.165) is 11.3 Å². The molecule has 1 aliphatic rings. The Morgan fingerprint density at radius 2 is 2.14 bits per heavy atom. The van der Waals surface area contributed by atoms with Crippen LogP contribution in [0.15, 0.2) is 37.1 Å². The van der Waals surface area contributed by atoms with Crippen LogP contribution in [0.5, 0.6) is 0 Å². The van der Waals surface area contributed by atoms with E-state index in [1.165, 1.54) is 12.8 Å². The van der Waals surface area contributed by atoms with E-state index in [1.807, 2.05) is 31.6 Å². The number of pyridine rings is 1. The van der Waals surface area contributed by atoms with Gasteiger partial charge in [-0.2, -0.15) is 0 Å². The van der Waals surface area contributed by atoms with Gasteiger partial charge in [0.25, 0.3) is 0 Å². The maximum atomic E-state index is 12.3. The lowest BCUT2D eigenvalue weighted by Crippen LogP contribution is -2.39. The lowest BCUT2D eigenvalue weighted by Gasteiger charge is -2.21. The van der Waals surface area contributed by atoms with Crippen LogP contribution in [0.2, 0.25) is 0 Å². The highest BCUT2D eigenvalue weighted by molar-refractivity contribution is 5.74. The second-order valence-electron chi connectivity index (χ2n) is 5.55. The molecular formula is C16H21N5O. The molecule has 0 radical (unpaired) electrons. The summed E-state index contributed by atoms with van der Waals surface area (Å²) >= 11 is 0. The molecule has 6 nitrogen and oxygen atoms in total. The lowest BCUT2D eigenvalue weighted by atomic mass is 10.2. The first-order valence-corrected chi connectivity index (χ1v) is 7.70. The number of hydrogen-bond acceptors (Lipinski definition) is 3. The second kappa shape index (κ2) is 6.60. The van der Waals surface area contributed by atoms with Crippen molar-refractivity contribution in [3.63, 3.8) is 0 Å². The molecule has 2 aromatic heterocycles. The molecule has 1 fully saturated rings. The smallest absolute Gasteiger partial charge is 0.318 e. The van der Waals surface area contributed by atoms with Crippen LogP contribution in [0, 0.1) is 0 Å². The van der Waals surface area contributed by atoms with Crippen LogP contribution in [0.4, 0.5) is 4.79 Å². The molecule has 0 aliphatic heterocycles. The molecule has 116 valence electrons. The Balaban J connectivity index is 1.56. The van der Waals surface area contributed by atoms with Crippen LogP contribution < -0.4 is 5.32 Å². The summed E-state index contributed by atoms with van der Waals surface area (Å²) in [6, 6.07) is 4.38. The van der Waals surface area contributed by atoms with Crippen molar-refractivity contribution < 1.29 is 4.79 Å². The fraction of sp³-hybridized carbons (Fsp3) is 0.438. The van der Waals surface area contributed by atoms with Crippen molar-refractivity contribution in [1.82, 2.24) is 24.8 Å². The third-order valence-electron chi connectivity index (χ3n) is 3.90. The van der Waals surface area contributed by atoms with Gasteiger partial charge in [-0.15, -0.1) is 0 Å². The van der Waals surface area contributed by atoms with Crippen molar-refractivity contribution in [3.05, 3.63) is 48.3 Å². The first-order valence-electron chi connectivity index (χ1n) is 7.70. The predicted molar refractivity (Wildman–Crippen MR) is 83.1 cm³/mol. The minimum absolute atomic E-state index is 0.0529. The number of aromatic nitrogens is 3. The van der Waals surface area contributed by atoms with E-state index in [1.54, 1.807) is 17.3 Å². The lowest BCUT2D eigenvalue weighted by molar-refractivity contribution is 0.197. The molecule has 22 heavy (non-hydrogen) atoms. The molecule has 0 saturated heterocycles. The van der Waals surface area contributed by atoms with Gasteiger partial charge >= 0.3 is 6.03 Å². The molecular weight excluding hydrogens is 278 g/mol. The summed E-state index contributed by atoms with van der Waals surface area (Å²) in [7, 11) is 0. The van der Waals surface area contributed by atoms with E-state index in [-0.39, 0.29) is 6.03 Å². The number of hydrogen-bond donors (Lipinski definition) is 1. The summed E-state index contributed by atoms with van der Waals surface area (Å²) < 4.78 is 2.17. The molecule has 0 aromatic carbocycles. The quantitative estimate of drug-likeness (QED) is 0.890. The van der Waals surface area contributed by atoms with Gasteiger partial charge in [0, 0.05) is 37.7 Å². The van der Waals surface area contributed by atoms with E-state index in [0.29, 0.717) is 25.7 Å². The van der Waals surface area contributed by atoms with E-state index in [2.05, 4.69) is 19.9 Å². The van der Waals surface area contributed by atoms with Gasteiger partial charge in [-0.25, -0.2) is 9.78 Å². The van der Waals surface area contributed by atoms with Crippen LogP contribution in [-0.4, -0.2) is 32.0 Å². The summed E-state index contributed by atoms with van der Waals surface area (Å²) in [6.45, 7) is 3.75. The van der Waals surface area contributed by atoms with Gasteiger partial charge in [0.1, 0.15) is 0 Å². The molecule has 0 unspecified atom stereocenters. The molecule has 1 N–H and O–H groups in total. The normalized spacial score (nSPS) is 13.9. The summed E-state index contributed by atoms with van der Waals surface area (Å²) in [6.07, 6.45) is 9.59. The van der Waals surface area contributed by atoms with Crippen molar-refractivity contribution in [3.8, 4) is 0 Å². The minimum atomic E-state index is -0.0529. The van der Waals surface area contributed by atoms with Crippen molar-refractivity contribution in [1.29, 1.82) is 0 Å². The Bertz CT molecular complexity index is 620. The van der Waals surface area contributed by atoms with Crippen molar-refractivity contribution >= 4 is 6.03 Å². The van der Waals surface area contributed by atoms with Gasteiger partial charge in [0.05, 0.1) is 18.6 Å². The maximum Gasteiger partial charge on any atom is 0.318 e. The molecule has 0 atom stereocenters. The fourth-order valence-corrected chi connectivity index (χ4v) is 2.46. The summed E-state index contributed by atoms with van der Waals surface area (Å²) in [5.41, 5.74) is 2.14. The maximum absolute atomic E-state index is 12.3. The first kappa shape index (κ1) is 14.6. The zero-order chi connectivity index (χ0) is 15.4. The van der Waals surface area contributed by atoms with E-state index < -0.39 is 0 Å². The molecule has 0 bridgehead atoms. The standard InChI is InChI=1S/C16H21N5O/c1-2-20(11-13-5-7-17-8-6-13)16(22)19-10-15-9-18-12-21(15)14-3-4-14/h5-9,12,14H,2-4,10-11H2,1H3,(H,19,22). The first-order chi connectivity index (χ1) is 10.8. The van der Waals surface area contributed by atoms with Crippen molar-refractivity contribution in [2.75, 3.05) is 6.54 Å². The van der Waals surface area contributed by atoms with Crippen molar-refractivity contribution in [2.45, 2.75) is 38.9 Å². The number of nitrogens with one attached hydrogen (secondary N) is 1. The SMILES string of the molecule is CCN(Cc1ccncc1)C(=O)NCc1cncn1C1CC1. The number of urea groups is 1. The zero-order valence-corrected chi connectivity index (χ0v) is 12.8. The number of imidazole rings is 1. The molecule has 6 heteroatoms. The third-order valence-corrected chi connectivity index (χ3v) is 3.90. The van der Waals surface area contributed by atoms with Crippen LogP contribution in [0.25, 0.3) is 0 Å². The highest BCUT2D eigenvalue weighted by atomic mass is 16.2. The molecule has 2 aromatic rings. The largest absolute Gasteiger partial charge is 0.332 e. The molecule has 1 saturated carbocycles. The number of carbonyl (C=O) groups is 1. The fourth-order valence-electron chi connectivity index (χ4n) is 2.46. The second-order valence-corrected chi connectivity index (χ2v) is 5.55. The Morgan fingerprint density at radius 3 is 2.82 bits per heavy atom. The summed E-state index contributed by atoms with van der Waals surface area (Å²) in [5, 5.41) is 2.99. The predicted octanol–water partition coefficient (Wildman–Crippen LogP) is 2.34. The van der Waals surface area contributed by atoms with Gasteiger partial charge in [-0.3, -0.25) is 4.98 Å². The Hall–Kier alpha value is -2.37. The monoisotopic (exact) mass is 299 g/mol. The van der Waals surface area contributed by atoms with E-state index in [9.17, 15) is 4.79 Å². The van der Waals surface area contributed by atoms with Crippen LogP contribution in [0.3, 0.4) is 0 Å². The average Bonchev–Trinajstić information content (AvgIpc) is 3.29. The van der Waals surface area contributed by atoms with E-state index in [4.69, 9.17) is 0 Å². The molecule has 1 aliphatic carbocycles. The Labute approximate surface area is 130 Å². The number of carbonyl (C=O) groups excluding carboxylic acids is 1. The zero-order valence-electron chi connectivity index (χ0n) is 12.8. The van der Waals surface area contributed by atoms with Gasteiger partial charge in [0.15, 0.2) is 0 Å². The summed E-state index contributed by atoms with van der Waals surface area (Å²) in [4.78, 5) is 22.3.